The molecule has 5 nitrogen and oxygen atoms in total. The van der Waals surface area contributed by atoms with Gasteiger partial charge in [-0.05, 0) is 81.2 Å². The van der Waals surface area contributed by atoms with Gasteiger partial charge in [0.2, 0.25) is 0 Å². The van der Waals surface area contributed by atoms with Crippen LogP contribution in [-0.4, -0.2) is 38.8 Å². The molecule has 1 unspecified atom stereocenters. The summed E-state index contributed by atoms with van der Waals surface area (Å²) in [6.45, 7) is 9.48. The third kappa shape index (κ3) is 7.64. The van der Waals surface area contributed by atoms with E-state index in [-0.39, 0.29) is 12.4 Å². The highest BCUT2D eigenvalue weighted by molar-refractivity contribution is 5.96. The van der Waals surface area contributed by atoms with Crippen molar-refractivity contribution in [1.82, 2.24) is 0 Å². The van der Waals surface area contributed by atoms with Gasteiger partial charge < -0.3 is 19.5 Å². The Morgan fingerprint density at radius 2 is 1.64 bits per heavy atom. The summed E-state index contributed by atoms with van der Waals surface area (Å²) in [5.74, 6) is 2.70. The second kappa shape index (κ2) is 12.4. The van der Waals surface area contributed by atoms with Gasteiger partial charge >= 0.3 is 0 Å². The Hall–Kier alpha value is -2.79. The fourth-order valence-electron chi connectivity index (χ4n) is 4.20. The van der Waals surface area contributed by atoms with Gasteiger partial charge in [0, 0.05) is 25.5 Å². The molecule has 0 radical (unpaired) electrons. The number of ether oxygens (including phenoxy) is 3. The molecular formula is C28H37NO4. The highest BCUT2D eigenvalue weighted by atomic mass is 16.5. The molecule has 1 saturated carbocycles. The Bertz CT molecular complexity index is 901. The smallest absolute Gasteiger partial charge is 0.180 e. The summed E-state index contributed by atoms with van der Waals surface area (Å²) in [5.41, 5.74) is 3.07. The molecule has 2 aromatic carbocycles. The van der Waals surface area contributed by atoms with Crippen LogP contribution in [0, 0.1) is 25.7 Å². The summed E-state index contributed by atoms with van der Waals surface area (Å²) in [6, 6.07) is 13.2. The second-order valence-corrected chi connectivity index (χ2v) is 9.06. The van der Waals surface area contributed by atoms with Crippen molar-refractivity contribution >= 4 is 11.5 Å². The molecule has 0 aliphatic heterocycles. The maximum absolute atomic E-state index is 12.5. The lowest BCUT2D eigenvalue weighted by atomic mass is 9.83. The molecular weight excluding hydrogens is 414 g/mol. The lowest BCUT2D eigenvalue weighted by Crippen LogP contribution is -2.34. The highest BCUT2D eigenvalue weighted by Crippen LogP contribution is 2.30. The van der Waals surface area contributed by atoms with Crippen molar-refractivity contribution in [2.24, 2.45) is 11.8 Å². The monoisotopic (exact) mass is 451 g/mol. The third-order valence-corrected chi connectivity index (χ3v) is 6.38. The molecule has 1 atom stereocenters. The zero-order chi connectivity index (χ0) is 23.6. The number of hydrogen-bond acceptors (Lipinski definition) is 5. The first-order chi connectivity index (χ1) is 16.0. The Balaban J connectivity index is 1.58. The van der Waals surface area contributed by atoms with Gasteiger partial charge in [-0.2, -0.15) is 0 Å². The van der Waals surface area contributed by atoms with Crippen molar-refractivity contribution in [2.45, 2.75) is 45.6 Å². The van der Waals surface area contributed by atoms with Crippen LogP contribution in [0.25, 0.3) is 0 Å². The summed E-state index contributed by atoms with van der Waals surface area (Å²) in [4.78, 5) is 12.5. The normalized spacial score (nSPS) is 18.9. The molecule has 0 bridgehead atoms. The summed E-state index contributed by atoms with van der Waals surface area (Å²) >= 11 is 0. The van der Waals surface area contributed by atoms with Crippen LogP contribution in [-0.2, 0) is 9.53 Å². The van der Waals surface area contributed by atoms with E-state index in [1.54, 1.807) is 7.11 Å². The maximum Gasteiger partial charge on any atom is 0.180 e. The van der Waals surface area contributed by atoms with E-state index >= 15 is 0 Å². The lowest BCUT2D eigenvalue weighted by molar-refractivity contribution is -0.115. The van der Waals surface area contributed by atoms with E-state index in [0.717, 1.165) is 34.9 Å². The number of nitrogens with one attached hydrogen (secondary N) is 1. The van der Waals surface area contributed by atoms with Gasteiger partial charge in [0.05, 0.1) is 6.61 Å². The van der Waals surface area contributed by atoms with E-state index in [0.29, 0.717) is 18.4 Å². The topological polar surface area (TPSA) is 56.8 Å². The Morgan fingerprint density at radius 3 is 2.27 bits per heavy atom. The largest absolute Gasteiger partial charge is 0.493 e. The fourth-order valence-corrected chi connectivity index (χ4v) is 4.20. The fraction of sp³-hybridized carbons (Fsp3) is 0.464. The summed E-state index contributed by atoms with van der Waals surface area (Å²) < 4.78 is 17.3. The molecule has 178 valence electrons. The summed E-state index contributed by atoms with van der Waals surface area (Å²) in [5, 5.41) is 3.34. The number of ketones is 1. The molecule has 0 aromatic heterocycles. The number of hydrogen-bond donors (Lipinski definition) is 1. The van der Waals surface area contributed by atoms with Crippen LogP contribution < -0.4 is 14.8 Å². The number of methoxy groups -OCH3 is 1. The lowest BCUT2D eigenvalue weighted by Gasteiger charge is -2.28. The van der Waals surface area contributed by atoms with Crippen LogP contribution in [0.3, 0.4) is 0 Å². The van der Waals surface area contributed by atoms with Crippen LogP contribution in [0.4, 0.5) is 5.69 Å². The van der Waals surface area contributed by atoms with Gasteiger partial charge in [0.1, 0.15) is 24.1 Å². The summed E-state index contributed by atoms with van der Waals surface area (Å²) in [6.07, 6.45) is 6.10. The molecule has 2 aromatic rings. The standard InChI is InChI=1S/C28H37NO4/c1-5-28(30)27(19-33-24-13-6-20(2)7-14-24)29-26-16-25(15-8-21(26)3)32-18-23-11-9-22(10-12-23)17-31-4/h5-8,13-16,22-23,27,29H,1,9-12,17-19H2,2-4H3. The molecule has 0 spiro atoms. The average Bonchev–Trinajstić information content (AvgIpc) is 2.83. The number of carbonyl (C=O) groups excluding carboxylic acids is 1. The van der Waals surface area contributed by atoms with E-state index in [1.165, 1.54) is 31.8 Å². The number of anilines is 1. The van der Waals surface area contributed by atoms with Crippen molar-refractivity contribution in [3.05, 3.63) is 66.2 Å². The predicted octanol–water partition coefficient (Wildman–Crippen LogP) is 5.75. The predicted molar refractivity (Wildman–Crippen MR) is 133 cm³/mol. The molecule has 33 heavy (non-hydrogen) atoms. The first-order valence-electron chi connectivity index (χ1n) is 11.8. The SMILES string of the molecule is C=CC(=O)C(COc1ccc(C)cc1)Nc1cc(OCC2CCC(COC)CC2)ccc1C. The van der Waals surface area contributed by atoms with E-state index in [4.69, 9.17) is 14.2 Å². The minimum atomic E-state index is -0.534. The van der Waals surface area contributed by atoms with Crippen molar-refractivity contribution in [2.75, 3.05) is 32.2 Å². The van der Waals surface area contributed by atoms with Gasteiger partial charge in [0.25, 0.3) is 0 Å². The summed E-state index contributed by atoms with van der Waals surface area (Å²) in [7, 11) is 1.78. The van der Waals surface area contributed by atoms with Gasteiger partial charge in [-0.15, -0.1) is 0 Å². The van der Waals surface area contributed by atoms with Crippen molar-refractivity contribution in [3.8, 4) is 11.5 Å². The highest BCUT2D eigenvalue weighted by Gasteiger charge is 2.22. The number of rotatable bonds is 12. The molecule has 1 fully saturated rings. The molecule has 1 N–H and O–H groups in total. The molecule has 0 heterocycles. The minimum Gasteiger partial charge on any atom is -0.493 e. The minimum absolute atomic E-state index is 0.111. The molecule has 1 aliphatic carbocycles. The number of aryl methyl sites for hydroxylation is 2. The first kappa shape index (κ1) is 24.8. The molecule has 1 aliphatic rings. The Morgan fingerprint density at radius 1 is 1.00 bits per heavy atom. The van der Waals surface area contributed by atoms with Gasteiger partial charge in [0.15, 0.2) is 5.78 Å². The maximum atomic E-state index is 12.5. The average molecular weight is 452 g/mol. The van der Waals surface area contributed by atoms with Crippen LogP contribution in [0.2, 0.25) is 0 Å². The van der Waals surface area contributed by atoms with Gasteiger partial charge in [-0.25, -0.2) is 0 Å². The third-order valence-electron chi connectivity index (χ3n) is 6.38. The van der Waals surface area contributed by atoms with Crippen molar-refractivity contribution in [3.63, 3.8) is 0 Å². The Kier molecular flexibility index (Phi) is 9.37. The molecule has 3 rings (SSSR count). The van der Waals surface area contributed by atoms with Crippen LogP contribution in [0.5, 0.6) is 11.5 Å². The van der Waals surface area contributed by atoms with Crippen LogP contribution in [0.1, 0.15) is 36.8 Å². The molecule has 5 heteroatoms. The number of benzene rings is 2. The molecule has 0 saturated heterocycles. The molecule has 0 amide bonds. The van der Waals surface area contributed by atoms with Crippen LogP contribution in [0.15, 0.2) is 55.1 Å². The van der Waals surface area contributed by atoms with Crippen molar-refractivity contribution in [1.29, 1.82) is 0 Å². The zero-order valence-corrected chi connectivity index (χ0v) is 20.1. The first-order valence-corrected chi connectivity index (χ1v) is 11.8. The van der Waals surface area contributed by atoms with E-state index < -0.39 is 6.04 Å². The van der Waals surface area contributed by atoms with E-state index in [2.05, 4.69) is 11.9 Å². The van der Waals surface area contributed by atoms with Gasteiger partial charge in [-0.1, -0.05) is 30.3 Å². The second-order valence-electron chi connectivity index (χ2n) is 9.06. The number of carbonyl (C=O) groups is 1. The van der Waals surface area contributed by atoms with E-state index in [9.17, 15) is 4.79 Å². The van der Waals surface area contributed by atoms with Crippen LogP contribution >= 0.6 is 0 Å². The zero-order valence-electron chi connectivity index (χ0n) is 20.1. The van der Waals surface area contributed by atoms with Crippen molar-refractivity contribution < 1.29 is 19.0 Å². The quantitative estimate of drug-likeness (QED) is 0.417. The van der Waals surface area contributed by atoms with E-state index in [1.807, 2.05) is 56.3 Å². The van der Waals surface area contributed by atoms with Gasteiger partial charge in [-0.3, -0.25) is 4.79 Å². The Labute approximate surface area is 198 Å².